The molecule has 3 N–H and O–H groups in total. The quantitative estimate of drug-likeness (QED) is 0.657. The van der Waals surface area contributed by atoms with Crippen LogP contribution in [0.1, 0.15) is 5.56 Å². The standard InChI is InChI=1S/C12H17BrN2O3/c1-18-6-5-15-11(16)8-14-7-9-3-2-4-10(13)12(9)17/h2-4,14,17H,5-8H2,1H3,(H,15,16). The number of phenols is 1. The van der Waals surface area contributed by atoms with Gasteiger partial charge >= 0.3 is 0 Å². The van der Waals surface area contributed by atoms with Crippen LogP contribution in [-0.2, 0) is 16.1 Å². The lowest BCUT2D eigenvalue weighted by molar-refractivity contribution is -0.120. The molecule has 100 valence electrons. The number of carbonyl (C=O) groups is 1. The van der Waals surface area contributed by atoms with Crippen LogP contribution in [0.4, 0.5) is 0 Å². The first-order valence-corrected chi connectivity index (χ1v) is 6.37. The largest absolute Gasteiger partial charge is 0.506 e. The third-order valence-electron chi connectivity index (χ3n) is 2.30. The van der Waals surface area contributed by atoms with Gasteiger partial charge in [0, 0.05) is 25.8 Å². The van der Waals surface area contributed by atoms with Crippen molar-refractivity contribution in [1.82, 2.24) is 10.6 Å². The summed E-state index contributed by atoms with van der Waals surface area (Å²) in [5.41, 5.74) is 0.745. The van der Waals surface area contributed by atoms with Crippen molar-refractivity contribution in [3.8, 4) is 5.75 Å². The fourth-order valence-corrected chi connectivity index (χ4v) is 1.78. The van der Waals surface area contributed by atoms with Gasteiger partial charge in [-0.05, 0) is 22.0 Å². The number of phenolic OH excluding ortho intramolecular Hbond substituents is 1. The molecule has 6 heteroatoms. The Labute approximate surface area is 115 Å². The predicted octanol–water partition coefficient (Wildman–Crippen LogP) is 1.01. The highest BCUT2D eigenvalue weighted by atomic mass is 79.9. The van der Waals surface area contributed by atoms with Gasteiger partial charge in [-0.3, -0.25) is 4.79 Å². The normalized spacial score (nSPS) is 10.3. The number of hydrogen-bond donors (Lipinski definition) is 3. The second-order valence-electron chi connectivity index (χ2n) is 3.69. The first-order chi connectivity index (χ1) is 8.65. The van der Waals surface area contributed by atoms with E-state index in [4.69, 9.17) is 4.74 Å². The highest BCUT2D eigenvalue weighted by molar-refractivity contribution is 9.10. The summed E-state index contributed by atoms with van der Waals surface area (Å²) in [7, 11) is 1.58. The Morgan fingerprint density at radius 1 is 1.50 bits per heavy atom. The lowest BCUT2D eigenvalue weighted by atomic mass is 10.2. The Morgan fingerprint density at radius 3 is 3.00 bits per heavy atom. The maximum absolute atomic E-state index is 11.4. The summed E-state index contributed by atoms with van der Waals surface area (Å²) in [5.74, 6) is 0.103. The van der Waals surface area contributed by atoms with Gasteiger partial charge in [0.15, 0.2) is 0 Å². The van der Waals surface area contributed by atoms with Crippen LogP contribution in [-0.4, -0.2) is 37.8 Å². The molecule has 0 radical (unpaired) electrons. The van der Waals surface area contributed by atoms with Crippen LogP contribution in [0, 0.1) is 0 Å². The van der Waals surface area contributed by atoms with E-state index in [-0.39, 0.29) is 18.2 Å². The minimum Gasteiger partial charge on any atom is -0.506 e. The number of nitrogens with one attached hydrogen (secondary N) is 2. The highest BCUT2D eigenvalue weighted by Crippen LogP contribution is 2.26. The molecule has 0 spiro atoms. The van der Waals surface area contributed by atoms with Crippen molar-refractivity contribution in [2.75, 3.05) is 26.8 Å². The van der Waals surface area contributed by atoms with Crippen LogP contribution in [0.15, 0.2) is 22.7 Å². The molecule has 0 aromatic heterocycles. The minimum absolute atomic E-state index is 0.0958. The Bertz CT molecular complexity index is 399. The summed E-state index contributed by atoms with van der Waals surface area (Å²) in [6, 6.07) is 5.39. The van der Waals surface area contributed by atoms with Crippen molar-refractivity contribution in [2.24, 2.45) is 0 Å². The SMILES string of the molecule is COCCNC(=O)CNCc1cccc(Br)c1O. The van der Waals surface area contributed by atoms with Gasteiger partial charge in [0.25, 0.3) is 0 Å². The zero-order chi connectivity index (χ0) is 13.4. The van der Waals surface area contributed by atoms with Gasteiger partial charge in [0.05, 0.1) is 17.6 Å². The topological polar surface area (TPSA) is 70.6 Å². The molecule has 1 amide bonds. The van der Waals surface area contributed by atoms with Crippen LogP contribution in [0.25, 0.3) is 0 Å². The molecule has 0 fully saturated rings. The second kappa shape index (κ2) is 8.07. The molecule has 0 aliphatic carbocycles. The molecule has 0 atom stereocenters. The average Bonchev–Trinajstić information content (AvgIpc) is 2.35. The number of rotatable bonds is 7. The number of para-hydroxylation sites is 1. The zero-order valence-electron chi connectivity index (χ0n) is 10.2. The van der Waals surface area contributed by atoms with Gasteiger partial charge in [0.2, 0.25) is 5.91 Å². The maximum Gasteiger partial charge on any atom is 0.234 e. The van der Waals surface area contributed by atoms with Crippen molar-refractivity contribution in [3.05, 3.63) is 28.2 Å². The molecule has 0 unspecified atom stereocenters. The Hall–Kier alpha value is -1.11. The van der Waals surface area contributed by atoms with E-state index in [9.17, 15) is 9.90 Å². The van der Waals surface area contributed by atoms with E-state index < -0.39 is 0 Å². The molecule has 0 saturated carbocycles. The molecule has 18 heavy (non-hydrogen) atoms. The highest BCUT2D eigenvalue weighted by Gasteiger charge is 2.05. The summed E-state index contributed by atoms with van der Waals surface area (Å²) < 4.78 is 5.47. The monoisotopic (exact) mass is 316 g/mol. The number of benzene rings is 1. The zero-order valence-corrected chi connectivity index (χ0v) is 11.8. The fraction of sp³-hybridized carbons (Fsp3) is 0.417. The van der Waals surface area contributed by atoms with E-state index in [1.807, 2.05) is 6.07 Å². The smallest absolute Gasteiger partial charge is 0.234 e. The molecule has 0 heterocycles. The molecular weight excluding hydrogens is 300 g/mol. The molecule has 1 aromatic carbocycles. The van der Waals surface area contributed by atoms with E-state index in [2.05, 4.69) is 26.6 Å². The van der Waals surface area contributed by atoms with Crippen molar-refractivity contribution in [2.45, 2.75) is 6.54 Å². The van der Waals surface area contributed by atoms with Crippen LogP contribution < -0.4 is 10.6 Å². The van der Waals surface area contributed by atoms with Crippen LogP contribution in [0.5, 0.6) is 5.75 Å². The summed E-state index contributed by atoms with van der Waals surface area (Å²) in [4.78, 5) is 11.4. The van der Waals surface area contributed by atoms with Gasteiger partial charge in [-0.25, -0.2) is 0 Å². The maximum atomic E-state index is 11.4. The van der Waals surface area contributed by atoms with Crippen molar-refractivity contribution >= 4 is 21.8 Å². The molecule has 0 bridgehead atoms. The molecule has 1 rings (SSSR count). The van der Waals surface area contributed by atoms with Gasteiger partial charge in [0.1, 0.15) is 5.75 Å². The van der Waals surface area contributed by atoms with E-state index in [1.165, 1.54) is 0 Å². The number of halogens is 1. The molecule has 1 aromatic rings. The summed E-state index contributed by atoms with van der Waals surface area (Å²) >= 11 is 3.24. The molecule has 0 aliphatic heterocycles. The second-order valence-corrected chi connectivity index (χ2v) is 4.55. The summed E-state index contributed by atoms with van der Waals surface area (Å²) in [6.07, 6.45) is 0. The van der Waals surface area contributed by atoms with Crippen molar-refractivity contribution in [3.63, 3.8) is 0 Å². The third kappa shape index (κ3) is 5.03. The fourth-order valence-electron chi connectivity index (χ4n) is 1.37. The van der Waals surface area contributed by atoms with E-state index in [0.717, 1.165) is 5.56 Å². The number of methoxy groups -OCH3 is 1. The van der Waals surface area contributed by atoms with E-state index >= 15 is 0 Å². The number of aromatic hydroxyl groups is 1. The van der Waals surface area contributed by atoms with Crippen molar-refractivity contribution < 1.29 is 14.6 Å². The number of hydrogen-bond acceptors (Lipinski definition) is 4. The first-order valence-electron chi connectivity index (χ1n) is 5.58. The molecular formula is C12H17BrN2O3. The van der Waals surface area contributed by atoms with Crippen molar-refractivity contribution in [1.29, 1.82) is 0 Å². The minimum atomic E-state index is -0.0958. The first kappa shape index (κ1) is 14.9. The number of ether oxygens (including phenoxy) is 1. The predicted molar refractivity (Wildman–Crippen MR) is 72.4 cm³/mol. The van der Waals surface area contributed by atoms with E-state index in [0.29, 0.717) is 24.2 Å². The number of amides is 1. The molecule has 5 nitrogen and oxygen atoms in total. The van der Waals surface area contributed by atoms with Gasteiger partial charge in [-0.15, -0.1) is 0 Å². The average molecular weight is 317 g/mol. The van der Waals surface area contributed by atoms with Crippen LogP contribution in [0.3, 0.4) is 0 Å². The Morgan fingerprint density at radius 2 is 2.28 bits per heavy atom. The van der Waals surface area contributed by atoms with Gasteiger partial charge in [-0.2, -0.15) is 0 Å². The summed E-state index contributed by atoms with van der Waals surface area (Å²) in [5, 5.41) is 15.4. The summed E-state index contributed by atoms with van der Waals surface area (Å²) in [6.45, 7) is 1.63. The van der Waals surface area contributed by atoms with Gasteiger partial charge < -0.3 is 20.5 Å². The lowest BCUT2D eigenvalue weighted by Crippen LogP contribution is -2.35. The van der Waals surface area contributed by atoms with Crippen LogP contribution in [0.2, 0.25) is 0 Å². The van der Waals surface area contributed by atoms with Crippen LogP contribution >= 0.6 is 15.9 Å². The van der Waals surface area contributed by atoms with Gasteiger partial charge in [-0.1, -0.05) is 12.1 Å². The Balaban J connectivity index is 2.29. The lowest BCUT2D eigenvalue weighted by Gasteiger charge is -2.08. The molecule has 0 aliphatic rings. The molecule has 0 saturated heterocycles. The Kier molecular flexibility index (Phi) is 6.70. The number of carbonyl (C=O) groups excluding carboxylic acids is 1. The third-order valence-corrected chi connectivity index (χ3v) is 2.94. The van der Waals surface area contributed by atoms with E-state index in [1.54, 1.807) is 19.2 Å².